The number of aliphatic hydroxyl groups excluding tert-OH is 1. The van der Waals surface area contributed by atoms with Crippen molar-refractivity contribution < 1.29 is 5.11 Å². The Hall–Kier alpha value is -0.0400. The molecule has 0 bridgehead atoms. The zero-order valence-corrected chi connectivity index (χ0v) is 9.39. The molecule has 0 saturated carbocycles. The fourth-order valence-electron chi connectivity index (χ4n) is 1.60. The minimum Gasteiger partial charge on any atom is -0.393 e. The van der Waals surface area contributed by atoms with Gasteiger partial charge in [0.15, 0.2) is 0 Å². The molecule has 0 fully saturated rings. The summed E-state index contributed by atoms with van der Waals surface area (Å²) in [5, 5.41) is 9.50. The van der Waals surface area contributed by atoms with Crippen molar-refractivity contribution in [1.29, 1.82) is 0 Å². The summed E-state index contributed by atoms with van der Waals surface area (Å²) in [7, 11) is 0. The van der Waals surface area contributed by atoms with Crippen molar-refractivity contribution >= 4 is 0 Å². The smallest absolute Gasteiger partial charge is 0.0542 e. The maximum Gasteiger partial charge on any atom is 0.0542 e. The lowest BCUT2D eigenvalue weighted by Gasteiger charge is -2.38. The van der Waals surface area contributed by atoms with E-state index in [-0.39, 0.29) is 11.5 Å². The van der Waals surface area contributed by atoms with Crippen LogP contribution in [0.15, 0.2) is 0 Å². The van der Waals surface area contributed by atoms with Crippen LogP contribution in [-0.4, -0.2) is 11.2 Å². The fourth-order valence-corrected chi connectivity index (χ4v) is 1.60. The van der Waals surface area contributed by atoms with Crippen molar-refractivity contribution in [1.82, 2.24) is 0 Å². The second-order valence-corrected chi connectivity index (χ2v) is 4.66. The zero-order chi connectivity index (χ0) is 9.94. The van der Waals surface area contributed by atoms with E-state index in [1.807, 2.05) is 6.92 Å². The number of rotatable bonds is 4. The van der Waals surface area contributed by atoms with E-state index in [1.165, 1.54) is 6.42 Å². The summed E-state index contributed by atoms with van der Waals surface area (Å²) in [6.45, 7) is 13.0. The van der Waals surface area contributed by atoms with Crippen molar-refractivity contribution in [3.05, 3.63) is 0 Å². The molecule has 0 aliphatic heterocycles. The quantitative estimate of drug-likeness (QED) is 0.691. The van der Waals surface area contributed by atoms with E-state index in [9.17, 15) is 5.11 Å². The first kappa shape index (κ1) is 12.0. The predicted octanol–water partition coefficient (Wildman–Crippen LogP) is 3.08. The van der Waals surface area contributed by atoms with Gasteiger partial charge < -0.3 is 5.11 Å². The molecule has 3 atom stereocenters. The molecule has 0 saturated heterocycles. The van der Waals surface area contributed by atoms with Crippen LogP contribution >= 0.6 is 0 Å². The Labute approximate surface area is 77.2 Å². The first-order chi connectivity index (χ1) is 5.34. The summed E-state index contributed by atoms with van der Waals surface area (Å²) in [4.78, 5) is 0. The molecule has 0 aromatic rings. The predicted molar refractivity (Wildman–Crippen MR) is 54.1 cm³/mol. The molecule has 3 unspecified atom stereocenters. The third-order valence-electron chi connectivity index (χ3n) is 3.78. The minimum atomic E-state index is -0.200. The van der Waals surface area contributed by atoms with Crippen LogP contribution in [0, 0.1) is 17.3 Å². The van der Waals surface area contributed by atoms with E-state index in [0.717, 1.165) is 0 Å². The first-order valence-corrected chi connectivity index (χ1v) is 5.02. The third kappa shape index (κ3) is 2.48. The van der Waals surface area contributed by atoms with E-state index in [1.54, 1.807) is 0 Å². The lowest BCUT2D eigenvalue weighted by atomic mass is 9.68. The number of aliphatic hydroxyl groups is 1. The Balaban J connectivity index is 4.37. The summed E-state index contributed by atoms with van der Waals surface area (Å²) in [6, 6.07) is 0. The van der Waals surface area contributed by atoms with Gasteiger partial charge in [-0.05, 0) is 24.2 Å². The van der Waals surface area contributed by atoms with Crippen molar-refractivity contribution in [3.8, 4) is 0 Å². The molecular formula is C11H24O. The minimum absolute atomic E-state index is 0.200. The van der Waals surface area contributed by atoms with Crippen LogP contribution in [0.3, 0.4) is 0 Å². The van der Waals surface area contributed by atoms with Gasteiger partial charge in [-0.3, -0.25) is 0 Å². The SMILES string of the molecule is CCC(C)C(C)(C)C(C)C(C)O. The lowest BCUT2D eigenvalue weighted by molar-refractivity contribution is 0.0252. The Bertz CT molecular complexity index is 127. The molecule has 1 N–H and O–H groups in total. The molecule has 12 heavy (non-hydrogen) atoms. The van der Waals surface area contributed by atoms with E-state index < -0.39 is 0 Å². The molecule has 0 heterocycles. The molecule has 0 rings (SSSR count). The topological polar surface area (TPSA) is 20.2 Å². The Morgan fingerprint density at radius 3 is 1.83 bits per heavy atom. The molecule has 0 amide bonds. The highest BCUT2D eigenvalue weighted by atomic mass is 16.3. The Kier molecular flexibility index (Phi) is 4.25. The molecule has 0 aromatic heterocycles. The molecule has 0 aliphatic carbocycles. The third-order valence-corrected chi connectivity index (χ3v) is 3.78. The monoisotopic (exact) mass is 172 g/mol. The first-order valence-electron chi connectivity index (χ1n) is 5.02. The van der Waals surface area contributed by atoms with Crippen LogP contribution in [0.1, 0.15) is 48.0 Å². The fraction of sp³-hybridized carbons (Fsp3) is 1.00. The molecule has 74 valence electrons. The molecule has 1 heteroatoms. The Morgan fingerprint density at radius 1 is 1.17 bits per heavy atom. The lowest BCUT2D eigenvalue weighted by Crippen LogP contribution is -2.35. The molecule has 0 spiro atoms. The van der Waals surface area contributed by atoms with E-state index in [0.29, 0.717) is 11.8 Å². The largest absolute Gasteiger partial charge is 0.393 e. The maximum atomic E-state index is 9.50. The Morgan fingerprint density at radius 2 is 1.58 bits per heavy atom. The summed E-state index contributed by atoms with van der Waals surface area (Å²) < 4.78 is 0. The van der Waals surface area contributed by atoms with Crippen LogP contribution in [0.5, 0.6) is 0 Å². The summed E-state index contributed by atoms with van der Waals surface area (Å²) in [5.74, 6) is 1.04. The van der Waals surface area contributed by atoms with Crippen molar-refractivity contribution in [2.75, 3.05) is 0 Å². The molecule has 0 radical (unpaired) electrons. The van der Waals surface area contributed by atoms with Crippen molar-refractivity contribution in [3.63, 3.8) is 0 Å². The van der Waals surface area contributed by atoms with E-state index in [2.05, 4.69) is 34.6 Å². The van der Waals surface area contributed by atoms with Crippen LogP contribution in [-0.2, 0) is 0 Å². The van der Waals surface area contributed by atoms with Gasteiger partial charge in [0.25, 0.3) is 0 Å². The van der Waals surface area contributed by atoms with Crippen LogP contribution in [0.2, 0.25) is 0 Å². The highest BCUT2D eigenvalue weighted by Gasteiger charge is 2.33. The normalized spacial score (nSPS) is 20.2. The summed E-state index contributed by atoms with van der Waals surface area (Å²) in [6.07, 6.45) is 0.985. The number of hydrogen-bond acceptors (Lipinski definition) is 1. The van der Waals surface area contributed by atoms with Crippen molar-refractivity contribution in [2.24, 2.45) is 17.3 Å². The number of hydrogen-bond donors (Lipinski definition) is 1. The molecular weight excluding hydrogens is 148 g/mol. The summed E-state index contributed by atoms with van der Waals surface area (Å²) in [5.41, 5.74) is 0.239. The van der Waals surface area contributed by atoms with E-state index >= 15 is 0 Å². The van der Waals surface area contributed by atoms with Gasteiger partial charge in [-0.15, -0.1) is 0 Å². The molecule has 0 aromatic carbocycles. The van der Waals surface area contributed by atoms with Gasteiger partial charge in [-0.2, -0.15) is 0 Å². The van der Waals surface area contributed by atoms with Gasteiger partial charge in [0, 0.05) is 0 Å². The average Bonchev–Trinajstić information content (AvgIpc) is 2.01. The molecule has 1 nitrogen and oxygen atoms in total. The van der Waals surface area contributed by atoms with E-state index in [4.69, 9.17) is 0 Å². The van der Waals surface area contributed by atoms with Crippen LogP contribution in [0.25, 0.3) is 0 Å². The highest BCUT2D eigenvalue weighted by Crippen LogP contribution is 2.38. The second-order valence-electron chi connectivity index (χ2n) is 4.66. The van der Waals surface area contributed by atoms with Crippen LogP contribution in [0.4, 0.5) is 0 Å². The van der Waals surface area contributed by atoms with Crippen molar-refractivity contribution in [2.45, 2.75) is 54.1 Å². The van der Waals surface area contributed by atoms with Gasteiger partial charge in [-0.1, -0.05) is 41.0 Å². The zero-order valence-electron chi connectivity index (χ0n) is 9.39. The second kappa shape index (κ2) is 4.27. The highest BCUT2D eigenvalue weighted by molar-refractivity contribution is 4.82. The summed E-state index contributed by atoms with van der Waals surface area (Å²) >= 11 is 0. The maximum absolute atomic E-state index is 9.50. The molecule has 0 aliphatic rings. The van der Waals surface area contributed by atoms with Gasteiger partial charge in [0.2, 0.25) is 0 Å². The van der Waals surface area contributed by atoms with Crippen LogP contribution < -0.4 is 0 Å². The van der Waals surface area contributed by atoms with Gasteiger partial charge >= 0.3 is 0 Å². The van der Waals surface area contributed by atoms with Gasteiger partial charge in [0.1, 0.15) is 0 Å². The average molecular weight is 172 g/mol. The standard InChI is InChI=1S/C11H24O/c1-7-8(2)11(5,6)9(3)10(4)12/h8-10,12H,7H2,1-6H3. The van der Waals surface area contributed by atoms with Gasteiger partial charge in [0.05, 0.1) is 6.10 Å². The van der Waals surface area contributed by atoms with Gasteiger partial charge in [-0.25, -0.2) is 0 Å².